The van der Waals surface area contributed by atoms with Gasteiger partial charge in [0.05, 0.1) is 17.5 Å². The molecular weight excluding hydrogens is 457 g/mol. The molecule has 35 heavy (non-hydrogen) atoms. The highest BCUT2D eigenvalue weighted by atomic mass is 19.1. The average Bonchev–Trinajstić information content (AvgIpc) is 3.52. The molecule has 0 radical (unpaired) electrons. The van der Waals surface area contributed by atoms with Gasteiger partial charge in [-0.1, -0.05) is 19.0 Å². The number of hydrogen-bond donors (Lipinski definition) is 2. The standard InChI is InChI=1S/C24H28FN5O5/c1-13(2)22(21-9-14(3)27-35-21)24(33)30-12-16(31)11-19(30)23(32)28-34-20-6-5-15(10-17(20)25)18-7-8-26-29(18)4/h5-10,13,16,19,22,31H,11-12H2,1-4H3,(H,28,32)/t16-,19+,22?/m1/s1. The number of hydrogen-bond acceptors (Lipinski definition) is 7. The average molecular weight is 486 g/mol. The number of aliphatic hydroxyl groups is 1. The maximum absolute atomic E-state index is 14.6. The van der Waals surface area contributed by atoms with E-state index in [9.17, 15) is 19.1 Å². The predicted molar refractivity (Wildman–Crippen MR) is 122 cm³/mol. The van der Waals surface area contributed by atoms with Crippen LogP contribution in [0.3, 0.4) is 0 Å². The SMILES string of the molecule is Cc1cc(C(C(=O)N2C[C@H](O)C[C@H]2C(=O)NOc2ccc(-c3ccnn3C)cc2F)C(C)C)on1. The second-order valence-electron chi connectivity index (χ2n) is 9.04. The first-order chi connectivity index (χ1) is 16.7. The molecule has 186 valence electrons. The van der Waals surface area contributed by atoms with Crippen molar-refractivity contribution in [3.63, 3.8) is 0 Å². The number of carbonyl (C=O) groups is 2. The van der Waals surface area contributed by atoms with Crippen LogP contribution in [0.1, 0.15) is 37.6 Å². The van der Waals surface area contributed by atoms with Gasteiger partial charge < -0.3 is 19.4 Å². The molecule has 2 aromatic heterocycles. The van der Waals surface area contributed by atoms with Gasteiger partial charge in [0.1, 0.15) is 17.7 Å². The van der Waals surface area contributed by atoms with E-state index < -0.39 is 29.8 Å². The summed E-state index contributed by atoms with van der Waals surface area (Å²) in [6.45, 7) is 5.47. The summed E-state index contributed by atoms with van der Waals surface area (Å²) in [6, 6.07) is 6.76. The van der Waals surface area contributed by atoms with E-state index >= 15 is 0 Å². The van der Waals surface area contributed by atoms with Crippen LogP contribution in [0, 0.1) is 18.7 Å². The van der Waals surface area contributed by atoms with Gasteiger partial charge in [0.25, 0.3) is 5.91 Å². The van der Waals surface area contributed by atoms with Crippen molar-refractivity contribution >= 4 is 11.8 Å². The Morgan fingerprint density at radius 2 is 2.06 bits per heavy atom. The molecule has 3 aromatic rings. The first kappa shape index (κ1) is 24.4. The maximum Gasteiger partial charge on any atom is 0.275 e. The summed E-state index contributed by atoms with van der Waals surface area (Å²) >= 11 is 0. The fraction of sp³-hybridized carbons (Fsp3) is 0.417. The zero-order valence-electron chi connectivity index (χ0n) is 19.9. The number of nitrogens with one attached hydrogen (secondary N) is 1. The summed E-state index contributed by atoms with van der Waals surface area (Å²) in [7, 11) is 1.74. The minimum atomic E-state index is -0.987. The zero-order valence-corrected chi connectivity index (χ0v) is 19.9. The minimum Gasteiger partial charge on any atom is -0.391 e. The van der Waals surface area contributed by atoms with Crippen molar-refractivity contribution in [1.29, 1.82) is 0 Å². The molecule has 0 bridgehead atoms. The van der Waals surface area contributed by atoms with Crippen LogP contribution in [0.4, 0.5) is 4.39 Å². The molecule has 0 saturated carbocycles. The Hall–Kier alpha value is -3.73. The van der Waals surface area contributed by atoms with Gasteiger partial charge in [-0.2, -0.15) is 10.6 Å². The summed E-state index contributed by atoms with van der Waals surface area (Å²) in [5.41, 5.74) is 4.18. The molecule has 3 atom stereocenters. The molecule has 1 aromatic carbocycles. The van der Waals surface area contributed by atoms with Crippen molar-refractivity contribution in [2.24, 2.45) is 13.0 Å². The first-order valence-electron chi connectivity index (χ1n) is 11.3. The number of benzene rings is 1. The number of aromatic nitrogens is 3. The lowest BCUT2D eigenvalue weighted by Crippen LogP contribution is -2.48. The Bertz CT molecular complexity index is 1220. The zero-order chi connectivity index (χ0) is 25.3. The van der Waals surface area contributed by atoms with Crippen molar-refractivity contribution < 1.29 is 28.4 Å². The minimum absolute atomic E-state index is 0.0129. The van der Waals surface area contributed by atoms with E-state index in [1.807, 2.05) is 13.8 Å². The molecule has 0 aliphatic carbocycles. The fourth-order valence-electron chi connectivity index (χ4n) is 4.32. The summed E-state index contributed by atoms with van der Waals surface area (Å²) in [5, 5.41) is 18.1. The summed E-state index contributed by atoms with van der Waals surface area (Å²) in [5.74, 6) is -2.30. The van der Waals surface area contributed by atoms with Crippen LogP contribution in [-0.2, 0) is 16.6 Å². The number of likely N-dealkylation sites (tertiary alicyclic amines) is 1. The summed E-state index contributed by atoms with van der Waals surface area (Å²) < 4.78 is 21.6. The number of β-amino-alcohol motifs (C(OH)–C–C–N with tert-alkyl or cyclic N) is 1. The number of halogens is 1. The largest absolute Gasteiger partial charge is 0.391 e. The van der Waals surface area contributed by atoms with E-state index in [0.29, 0.717) is 17.0 Å². The fourth-order valence-corrected chi connectivity index (χ4v) is 4.32. The molecule has 2 N–H and O–H groups in total. The number of carbonyl (C=O) groups excluding carboxylic acids is 2. The molecule has 4 rings (SSSR count). The number of amides is 2. The van der Waals surface area contributed by atoms with Gasteiger partial charge in [-0.05, 0) is 37.1 Å². The number of rotatable bonds is 7. The Morgan fingerprint density at radius 1 is 1.29 bits per heavy atom. The van der Waals surface area contributed by atoms with E-state index in [-0.39, 0.29) is 30.5 Å². The van der Waals surface area contributed by atoms with Crippen molar-refractivity contribution in [2.45, 2.75) is 45.3 Å². The molecule has 1 aliphatic heterocycles. The van der Waals surface area contributed by atoms with Gasteiger partial charge in [-0.15, -0.1) is 0 Å². The van der Waals surface area contributed by atoms with Gasteiger partial charge in [-0.3, -0.25) is 14.3 Å². The third-order valence-electron chi connectivity index (χ3n) is 6.06. The molecular formula is C24H28FN5O5. The number of hydroxylamine groups is 1. The molecule has 3 heterocycles. The second-order valence-corrected chi connectivity index (χ2v) is 9.04. The quantitative estimate of drug-likeness (QED) is 0.493. The van der Waals surface area contributed by atoms with Crippen LogP contribution in [0.25, 0.3) is 11.3 Å². The molecule has 10 nitrogen and oxygen atoms in total. The second kappa shape index (κ2) is 9.87. The third kappa shape index (κ3) is 5.04. The van der Waals surface area contributed by atoms with Crippen LogP contribution in [0.2, 0.25) is 0 Å². The molecule has 1 saturated heterocycles. The van der Waals surface area contributed by atoms with Gasteiger partial charge in [0.15, 0.2) is 11.6 Å². The Morgan fingerprint density at radius 3 is 2.66 bits per heavy atom. The van der Waals surface area contributed by atoms with Crippen molar-refractivity contribution in [3.8, 4) is 17.0 Å². The van der Waals surface area contributed by atoms with Crippen LogP contribution in [0.5, 0.6) is 5.75 Å². The van der Waals surface area contributed by atoms with Crippen molar-refractivity contribution in [1.82, 2.24) is 25.3 Å². The molecule has 1 unspecified atom stereocenters. The summed E-state index contributed by atoms with van der Waals surface area (Å²) in [6.07, 6.45) is 0.756. The predicted octanol–water partition coefficient (Wildman–Crippen LogP) is 2.33. The number of aliphatic hydroxyl groups excluding tert-OH is 1. The maximum atomic E-state index is 14.6. The Balaban J connectivity index is 1.46. The Kier molecular flexibility index (Phi) is 6.88. The lowest BCUT2D eigenvalue weighted by atomic mass is 9.91. The highest BCUT2D eigenvalue weighted by Crippen LogP contribution is 2.31. The van der Waals surface area contributed by atoms with Gasteiger partial charge in [-0.25, -0.2) is 4.39 Å². The lowest BCUT2D eigenvalue weighted by molar-refractivity contribution is -0.143. The molecule has 11 heteroatoms. The number of nitrogens with zero attached hydrogens (tertiary/aromatic N) is 4. The monoisotopic (exact) mass is 485 g/mol. The van der Waals surface area contributed by atoms with E-state index in [2.05, 4.69) is 15.7 Å². The van der Waals surface area contributed by atoms with E-state index in [0.717, 1.165) is 5.69 Å². The molecule has 1 aliphatic rings. The molecule has 1 fully saturated rings. The van der Waals surface area contributed by atoms with Gasteiger partial charge in [0.2, 0.25) is 5.91 Å². The van der Waals surface area contributed by atoms with Gasteiger partial charge in [0, 0.05) is 37.8 Å². The molecule has 2 amide bonds. The normalized spacial score (nSPS) is 18.7. The van der Waals surface area contributed by atoms with Crippen LogP contribution >= 0.6 is 0 Å². The Labute approximate surface area is 201 Å². The van der Waals surface area contributed by atoms with Crippen molar-refractivity contribution in [3.05, 3.63) is 53.8 Å². The number of aryl methyl sites for hydroxylation is 2. The topological polar surface area (TPSA) is 123 Å². The van der Waals surface area contributed by atoms with Gasteiger partial charge >= 0.3 is 0 Å². The molecule has 0 spiro atoms. The van der Waals surface area contributed by atoms with Crippen molar-refractivity contribution in [2.75, 3.05) is 6.54 Å². The third-order valence-corrected chi connectivity index (χ3v) is 6.06. The van der Waals surface area contributed by atoms with Crippen LogP contribution in [-0.4, -0.2) is 55.4 Å². The highest BCUT2D eigenvalue weighted by Gasteiger charge is 2.43. The van der Waals surface area contributed by atoms with Crippen LogP contribution < -0.4 is 10.3 Å². The van der Waals surface area contributed by atoms with E-state index in [1.165, 1.54) is 17.0 Å². The van der Waals surface area contributed by atoms with Crippen LogP contribution in [0.15, 0.2) is 41.1 Å². The highest BCUT2D eigenvalue weighted by molar-refractivity contribution is 5.91. The van der Waals surface area contributed by atoms with E-state index in [4.69, 9.17) is 9.36 Å². The summed E-state index contributed by atoms with van der Waals surface area (Å²) in [4.78, 5) is 32.9. The lowest BCUT2D eigenvalue weighted by Gasteiger charge is -2.28. The first-order valence-corrected chi connectivity index (χ1v) is 11.3. The van der Waals surface area contributed by atoms with E-state index in [1.54, 1.807) is 43.0 Å². The smallest absolute Gasteiger partial charge is 0.275 e.